The lowest BCUT2D eigenvalue weighted by Crippen LogP contribution is -2.30. The normalized spacial score (nSPS) is 13.3. The topological polar surface area (TPSA) is 94.6 Å². The summed E-state index contributed by atoms with van der Waals surface area (Å²) in [6, 6.07) is 7.73. The quantitative estimate of drug-likeness (QED) is 0.769. The van der Waals surface area contributed by atoms with Crippen LogP contribution in [0.3, 0.4) is 0 Å². The number of hydrogen-bond donors (Lipinski definition) is 3. The zero-order chi connectivity index (χ0) is 19.6. The van der Waals surface area contributed by atoms with E-state index in [0.29, 0.717) is 35.7 Å². The Morgan fingerprint density at radius 1 is 1.19 bits per heavy atom. The number of halogens is 1. The molecule has 1 aromatic carbocycles. The van der Waals surface area contributed by atoms with Gasteiger partial charge in [-0.05, 0) is 49.7 Å². The van der Waals surface area contributed by atoms with E-state index < -0.39 is 11.4 Å². The van der Waals surface area contributed by atoms with Crippen molar-refractivity contribution in [2.45, 2.75) is 39.0 Å². The second kappa shape index (κ2) is 7.32. The number of rotatable bonds is 4. The summed E-state index contributed by atoms with van der Waals surface area (Å²) in [6.07, 6.45) is 1.13. The number of fused-ring (bicyclic) bond motifs is 1. The van der Waals surface area contributed by atoms with Crippen LogP contribution in [-0.4, -0.2) is 32.5 Å². The Morgan fingerprint density at radius 2 is 1.81 bits per heavy atom. The molecule has 3 amide bonds. The number of carbonyl (C=O) groups is 2. The maximum absolute atomic E-state index is 13.2. The third kappa shape index (κ3) is 5.01. The van der Waals surface area contributed by atoms with Crippen LogP contribution in [0.4, 0.5) is 20.6 Å². The molecule has 2 aromatic rings. The SMILES string of the molecule is CC(C)(O)CC(=O)Nc1ccc(NC(=O)N2Cc3cc(F)cnc3C2)cc1. The second-order valence-electron chi connectivity index (χ2n) is 7.16. The number of hydrogen-bond acceptors (Lipinski definition) is 4. The molecule has 3 N–H and O–H groups in total. The summed E-state index contributed by atoms with van der Waals surface area (Å²) < 4.78 is 13.2. The Balaban J connectivity index is 1.56. The molecule has 27 heavy (non-hydrogen) atoms. The lowest BCUT2D eigenvalue weighted by molar-refractivity contribution is -0.119. The van der Waals surface area contributed by atoms with Gasteiger partial charge in [0, 0.05) is 17.9 Å². The van der Waals surface area contributed by atoms with Crippen LogP contribution in [0.1, 0.15) is 31.5 Å². The molecule has 2 heterocycles. The van der Waals surface area contributed by atoms with Gasteiger partial charge in [-0.3, -0.25) is 9.78 Å². The Labute approximate surface area is 156 Å². The van der Waals surface area contributed by atoms with Gasteiger partial charge in [0.25, 0.3) is 0 Å². The Hall–Kier alpha value is -3.00. The summed E-state index contributed by atoms with van der Waals surface area (Å²) in [5.41, 5.74) is 1.45. The van der Waals surface area contributed by atoms with Crippen LogP contribution in [0.25, 0.3) is 0 Å². The van der Waals surface area contributed by atoms with E-state index in [2.05, 4.69) is 15.6 Å². The molecular weight excluding hydrogens is 351 g/mol. The first-order valence-electron chi connectivity index (χ1n) is 8.51. The maximum atomic E-state index is 13.2. The fraction of sp³-hybridized carbons (Fsp3) is 0.316. The van der Waals surface area contributed by atoms with Crippen molar-refractivity contribution < 1.29 is 19.1 Å². The number of amides is 3. The number of pyridine rings is 1. The Morgan fingerprint density at radius 3 is 2.44 bits per heavy atom. The van der Waals surface area contributed by atoms with Crippen molar-refractivity contribution >= 4 is 23.3 Å². The van der Waals surface area contributed by atoms with Crippen molar-refractivity contribution in [2.75, 3.05) is 10.6 Å². The smallest absolute Gasteiger partial charge is 0.322 e. The van der Waals surface area contributed by atoms with Gasteiger partial charge in [-0.1, -0.05) is 0 Å². The second-order valence-corrected chi connectivity index (χ2v) is 7.16. The van der Waals surface area contributed by atoms with E-state index >= 15 is 0 Å². The number of nitrogens with zero attached hydrogens (tertiary/aromatic N) is 2. The molecule has 1 aliphatic heterocycles. The minimum absolute atomic E-state index is 0.0182. The molecule has 7 nitrogen and oxygen atoms in total. The van der Waals surface area contributed by atoms with Crippen LogP contribution in [-0.2, 0) is 17.9 Å². The first kappa shape index (κ1) is 18.8. The van der Waals surface area contributed by atoms with Crippen molar-refractivity contribution in [1.82, 2.24) is 9.88 Å². The lowest BCUT2D eigenvalue weighted by Gasteiger charge is -2.17. The summed E-state index contributed by atoms with van der Waals surface area (Å²) in [6.45, 7) is 3.75. The zero-order valence-electron chi connectivity index (χ0n) is 15.1. The van der Waals surface area contributed by atoms with Crippen LogP contribution in [0.2, 0.25) is 0 Å². The van der Waals surface area contributed by atoms with Crippen molar-refractivity contribution in [3.63, 3.8) is 0 Å². The number of anilines is 2. The molecule has 1 aromatic heterocycles. The summed E-state index contributed by atoms with van der Waals surface area (Å²) in [5.74, 6) is -0.716. The lowest BCUT2D eigenvalue weighted by atomic mass is 10.1. The fourth-order valence-corrected chi connectivity index (χ4v) is 2.81. The minimum atomic E-state index is -1.08. The van der Waals surface area contributed by atoms with E-state index in [0.717, 1.165) is 6.20 Å². The van der Waals surface area contributed by atoms with Gasteiger partial charge in [-0.25, -0.2) is 9.18 Å². The summed E-state index contributed by atoms with van der Waals surface area (Å²) in [4.78, 5) is 29.7. The van der Waals surface area contributed by atoms with Gasteiger partial charge < -0.3 is 20.6 Å². The van der Waals surface area contributed by atoms with Crippen molar-refractivity contribution in [1.29, 1.82) is 0 Å². The molecule has 0 saturated carbocycles. The molecule has 0 saturated heterocycles. The van der Waals surface area contributed by atoms with Crippen LogP contribution in [0, 0.1) is 5.82 Å². The molecular formula is C19H21FN4O3. The number of nitrogens with one attached hydrogen (secondary N) is 2. The first-order chi connectivity index (χ1) is 12.7. The maximum Gasteiger partial charge on any atom is 0.322 e. The highest BCUT2D eigenvalue weighted by Crippen LogP contribution is 2.23. The summed E-state index contributed by atoms with van der Waals surface area (Å²) >= 11 is 0. The van der Waals surface area contributed by atoms with Gasteiger partial charge in [-0.2, -0.15) is 0 Å². The predicted octanol–water partition coefficient (Wildman–Crippen LogP) is 2.87. The van der Waals surface area contributed by atoms with E-state index in [1.807, 2.05) is 0 Å². The van der Waals surface area contributed by atoms with Crippen molar-refractivity contribution in [3.8, 4) is 0 Å². The van der Waals surface area contributed by atoms with E-state index in [4.69, 9.17) is 0 Å². The predicted molar refractivity (Wildman–Crippen MR) is 98.4 cm³/mol. The number of carbonyl (C=O) groups excluding carboxylic acids is 2. The van der Waals surface area contributed by atoms with Crippen LogP contribution < -0.4 is 10.6 Å². The Kier molecular flexibility index (Phi) is 5.09. The molecule has 0 spiro atoms. The van der Waals surface area contributed by atoms with E-state index in [-0.39, 0.29) is 18.4 Å². The molecule has 1 aliphatic rings. The average Bonchev–Trinajstić information content (AvgIpc) is 2.98. The summed E-state index contributed by atoms with van der Waals surface area (Å²) in [5, 5.41) is 15.1. The van der Waals surface area contributed by atoms with Crippen LogP contribution >= 0.6 is 0 Å². The minimum Gasteiger partial charge on any atom is -0.390 e. The van der Waals surface area contributed by atoms with Crippen LogP contribution in [0.15, 0.2) is 36.5 Å². The summed E-state index contributed by atoms with van der Waals surface area (Å²) in [7, 11) is 0. The van der Waals surface area contributed by atoms with Gasteiger partial charge in [0.1, 0.15) is 5.82 Å². The molecule has 0 radical (unpaired) electrons. The number of urea groups is 1. The molecule has 8 heteroatoms. The standard InChI is InChI=1S/C19H21FN4O3/c1-19(2,27)8-17(25)22-14-3-5-15(6-4-14)23-18(26)24-10-12-7-13(20)9-21-16(12)11-24/h3-7,9,27H,8,10-11H2,1-2H3,(H,22,25)(H,23,26). The van der Waals surface area contributed by atoms with Crippen LogP contribution in [0.5, 0.6) is 0 Å². The molecule has 0 bridgehead atoms. The third-order valence-electron chi connectivity index (χ3n) is 4.03. The van der Waals surface area contributed by atoms with Gasteiger partial charge in [0.05, 0.1) is 30.5 Å². The molecule has 142 valence electrons. The molecule has 3 rings (SSSR count). The average molecular weight is 372 g/mol. The highest BCUT2D eigenvalue weighted by atomic mass is 19.1. The highest BCUT2D eigenvalue weighted by molar-refractivity contribution is 5.92. The van der Waals surface area contributed by atoms with E-state index in [9.17, 15) is 19.1 Å². The zero-order valence-corrected chi connectivity index (χ0v) is 15.1. The first-order valence-corrected chi connectivity index (χ1v) is 8.51. The fourth-order valence-electron chi connectivity index (χ4n) is 2.81. The largest absolute Gasteiger partial charge is 0.390 e. The van der Waals surface area contributed by atoms with Gasteiger partial charge in [0.2, 0.25) is 5.91 Å². The number of aromatic nitrogens is 1. The van der Waals surface area contributed by atoms with E-state index in [1.165, 1.54) is 11.0 Å². The molecule has 0 unspecified atom stereocenters. The highest BCUT2D eigenvalue weighted by Gasteiger charge is 2.25. The number of aliphatic hydroxyl groups is 1. The number of benzene rings is 1. The molecule has 0 aliphatic carbocycles. The van der Waals surface area contributed by atoms with E-state index in [1.54, 1.807) is 38.1 Å². The molecule has 0 atom stereocenters. The van der Waals surface area contributed by atoms with Gasteiger partial charge in [0.15, 0.2) is 0 Å². The monoisotopic (exact) mass is 372 g/mol. The van der Waals surface area contributed by atoms with Crippen molar-refractivity contribution in [2.24, 2.45) is 0 Å². The Bertz CT molecular complexity index is 862. The molecule has 0 fully saturated rings. The third-order valence-corrected chi connectivity index (χ3v) is 4.03. The van der Waals surface area contributed by atoms with Gasteiger partial charge in [-0.15, -0.1) is 0 Å². The van der Waals surface area contributed by atoms with Gasteiger partial charge >= 0.3 is 6.03 Å². The van der Waals surface area contributed by atoms with Crippen molar-refractivity contribution in [3.05, 3.63) is 53.6 Å².